The number of H-pyrrole nitrogens is 1. The molecule has 0 aromatic carbocycles. The first-order valence-corrected chi connectivity index (χ1v) is 12.2. The SMILES string of the molecule is CCCCCCc1nc(Nc2nc(C)cc(-n3nc(CCC)c(CC)c3CCC)n2)n[nH]1. The molecule has 3 aromatic rings. The van der Waals surface area contributed by atoms with Crippen LogP contribution in [0.2, 0.25) is 0 Å². The molecule has 0 aliphatic heterocycles. The standard InChI is InChI=1S/C24H38N8/c1-6-10-11-12-15-21-26-24(30-29-21)28-23-25-17(5)16-22(27-23)32-20(14-8-3)18(9-4)19(31-32)13-7-2/h16H,6-15H2,1-5H3,(H2,25,26,27,28,29,30). The summed E-state index contributed by atoms with van der Waals surface area (Å²) in [6.07, 6.45) is 10.8. The Balaban J connectivity index is 1.84. The zero-order chi connectivity index (χ0) is 22.9. The molecule has 3 aromatic heterocycles. The van der Waals surface area contributed by atoms with Gasteiger partial charge in [0, 0.05) is 23.9 Å². The zero-order valence-corrected chi connectivity index (χ0v) is 20.3. The number of unbranched alkanes of at least 4 members (excludes halogenated alkanes) is 3. The quantitative estimate of drug-likeness (QED) is 0.346. The van der Waals surface area contributed by atoms with Crippen LogP contribution in [-0.2, 0) is 25.7 Å². The molecule has 0 radical (unpaired) electrons. The summed E-state index contributed by atoms with van der Waals surface area (Å²) in [6, 6.07) is 1.99. The molecule has 32 heavy (non-hydrogen) atoms. The Morgan fingerprint density at radius 1 is 0.875 bits per heavy atom. The second-order valence-corrected chi connectivity index (χ2v) is 8.37. The Bertz CT molecular complexity index is 988. The molecule has 0 saturated carbocycles. The second-order valence-electron chi connectivity index (χ2n) is 8.37. The van der Waals surface area contributed by atoms with Crippen LogP contribution in [0.4, 0.5) is 11.9 Å². The molecule has 174 valence electrons. The first-order chi connectivity index (χ1) is 15.6. The van der Waals surface area contributed by atoms with Crippen molar-refractivity contribution < 1.29 is 0 Å². The van der Waals surface area contributed by atoms with Gasteiger partial charge in [-0.15, -0.1) is 5.10 Å². The lowest BCUT2D eigenvalue weighted by Crippen LogP contribution is -2.09. The number of hydrogen-bond donors (Lipinski definition) is 2. The summed E-state index contributed by atoms with van der Waals surface area (Å²) >= 11 is 0. The first-order valence-electron chi connectivity index (χ1n) is 12.2. The predicted molar refractivity (Wildman–Crippen MR) is 129 cm³/mol. The van der Waals surface area contributed by atoms with Gasteiger partial charge in [-0.2, -0.15) is 15.1 Å². The highest BCUT2D eigenvalue weighted by Gasteiger charge is 2.18. The highest BCUT2D eigenvalue weighted by Crippen LogP contribution is 2.23. The number of anilines is 2. The van der Waals surface area contributed by atoms with Crippen LogP contribution in [0.25, 0.3) is 5.82 Å². The first kappa shape index (κ1) is 23.9. The molecule has 2 N–H and O–H groups in total. The van der Waals surface area contributed by atoms with Gasteiger partial charge in [-0.1, -0.05) is 59.8 Å². The average molecular weight is 439 g/mol. The Morgan fingerprint density at radius 3 is 2.41 bits per heavy atom. The van der Waals surface area contributed by atoms with Crippen LogP contribution in [0.1, 0.15) is 94.7 Å². The molecule has 8 nitrogen and oxygen atoms in total. The van der Waals surface area contributed by atoms with Gasteiger partial charge in [0.25, 0.3) is 0 Å². The average Bonchev–Trinajstić information content (AvgIpc) is 3.35. The van der Waals surface area contributed by atoms with Crippen LogP contribution in [0.15, 0.2) is 6.07 Å². The van der Waals surface area contributed by atoms with E-state index in [1.54, 1.807) is 0 Å². The summed E-state index contributed by atoms with van der Waals surface area (Å²) in [4.78, 5) is 13.9. The number of rotatable bonds is 13. The maximum atomic E-state index is 4.96. The van der Waals surface area contributed by atoms with Gasteiger partial charge in [0.1, 0.15) is 5.82 Å². The molecule has 0 spiro atoms. The monoisotopic (exact) mass is 438 g/mol. The van der Waals surface area contributed by atoms with Gasteiger partial charge in [0.2, 0.25) is 11.9 Å². The van der Waals surface area contributed by atoms with Crippen LogP contribution in [0.3, 0.4) is 0 Å². The van der Waals surface area contributed by atoms with Gasteiger partial charge in [-0.3, -0.25) is 10.4 Å². The maximum Gasteiger partial charge on any atom is 0.248 e. The van der Waals surface area contributed by atoms with E-state index in [9.17, 15) is 0 Å². The molecule has 0 amide bonds. The molecule has 0 atom stereocenters. The van der Waals surface area contributed by atoms with Crippen molar-refractivity contribution in [2.45, 2.75) is 98.8 Å². The minimum absolute atomic E-state index is 0.490. The normalized spacial score (nSPS) is 11.3. The number of aryl methyl sites for hydroxylation is 3. The van der Waals surface area contributed by atoms with E-state index in [0.29, 0.717) is 11.9 Å². The topological polar surface area (TPSA) is 97.2 Å². The van der Waals surface area contributed by atoms with Gasteiger partial charge in [-0.25, -0.2) is 9.67 Å². The molecular formula is C24H38N8. The Hall–Kier alpha value is -2.77. The number of aromatic amines is 1. The van der Waals surface area contributed by atoms with Crippen LogP contribution in [0, 0.1) is 6.92 Å². The fourth-order valence-electron chi connectivity index (χ4n) is 4.06. The number of hydrogen-bond acceptors (Lipinski definition) is 6. The molecule has 3 heterocycles. The summed E-state index contributed by atoms with van der Waals surface area (Å²) in [5, 5.41) is 15.5. The van der Waals surface area contributed by atoms with Gasteiger partial charge in [-0.05, 0) is 38.2 Å². The van der Waals surface area contributed by atoms with Crippen molar-refractivity contribution in [2.75, 3.05) is 5.32 Å². The fourth-order valence-corrected chi connectivity index (χ4v) is 4.06. The van der Waals surface area contributed by atoms with E-state index in [-0.39, 0.29) is 0 Å². The van der Waals surface area contributed by atoms with Crippen molar-refractivity contribution in [3.8, 4) is 5.82 Å². The van der Waals surface area contributed by atoms with E-state index >= 15 is 0 Å². The van der Waals surface area contributed by atoms with Crippen molar-refractivity contribution in [3.05, 3.63) is 34.5 Å². The minimum atomic E-state index is 0.490. The highest BCUT2D eigenvalue weighted by molar-refractivity contribution is 5.45. The number of nitrogens with one attached hydrogen (secondary N) is 2. The van der Waals surface area contributed by atoms with Crippen LogP contribution >= 0.6 is 0 Å². The van der Waals surface area contributed by atoms with Crippen LogP contribution in [0.5, 0.6) is 0 Å². The lowest BCUT2D eigenvalue weighted by molar-refractivity contribution is 0.653. The van der Waals surface area contributed by atoms with Crippen molar-refractivity contribution >= 4 is 11.9 Å². The van der Waals surface area contributed by atoms with Crippen molar-refractivity contribution in [3.63, 3.8) is 0 Å². The van der Waals surface area contributed by atoms with Gasteiger partial charge in [0.05, 0.1) is 5.69 Å². The van der Waals surface area contributed by atoms with E-state index in [4.69, 9.17) is 10.1 Å². The van der Waals surface area contributed by atoms with E-state index in [0.717, 1.165) is 62.3 Å². The minimum Gasteiger partial charge on any atom is -0.291 e. The third kappa shape index (κ3) is 5.93. The van der Waals surface area contributed by atoms with Crippen LogP contribution in [-0.4, -0.2) is 34.9 Å². The van der Waals surface area contributed by atoms with E-state index in [1.807, 2.05) is 17.7 Å². The number of nitrogens with zero attached hydrogens (tertiary/aromatic N) is 6. The molecule has 0 bridgehead atoms. The molecule has 0 unspecified atom stereocenters. The molecule has 0 saturated heterocycles. The van der Waals surface area contributed by atoms with Crippen molar-refractivity contribution in [2.24, 2.45) is 0 Å². The second kappa shape index (κ2) is 11.7. The number of aromatic nitrogens is 7. The van der Waals surface area contributed by atoms with Crippen molar-refractivity contribution in [1.82, 2.24) is 34.9 Å². The summed E-state index contributed by atoms with van der Waals surface area (Å²) < 4.78 is 2.02. The summed E-state index contributed by atoms with van der Waals surface area (Å²) in [5.74, 6) is 2.67. The largest absolute Gasteiger partial charge is 0.291 e. The summed E-state index contributed by atoms with van der Waals surface area (Å²) in [7, 11) is 0. The van der Waals surface area contributed by atoms with E-state index < -0.39 is 0 Å². The summed E-state index contributed by atoms with van der Waals surface area (Å²) in [5.41, 5.74) is 4.68. The van der Waals surface area contributed by atoms with Gasteiger partial charge >= 0.3 is 0 Å². The third-order valence-electron chi connectivity index (χ3n) is 5.58. The molecular weight excluding hydrogens is 400 g/mol. The molecule has 8 heteroatoms. The van der Waals surface area contributed by atoms with E-state index in [1.165, 1.54) is 36.2 Å². The molecule has 3 rings (SSSR count). The molecule has 0 fully saturated rings. The Morgan fingerprint density at radius 2 is 1.69 bits per heavy atom. The summed E-state index contributed by atoms with van der Waals surface area (Å²) in [6.45, 7) is 10.8. The van der Waals surface area contributed by atoms with Crippen molar-refractivity contribution in [1.29, 1.82) is 0 Å². The fraction of sp³-hybridized carbons (Fsp3) is 0.625. The van der Waals surface area contributed by atoms with Gasteiger partial charge in [0.15, 0.2) is 5.82 Å². The maximum absolute atomic E-state index is 4.96. The Kier molecular flexibility index (Phi) is 8.76. The van der Waals surface area contributed by atoms with Crippen LogP contribution < -0.4 is 5.32 Å². The zero-order valence-electron chi connectivity index (χ0n) is 20.3. The predicted octanol–water partition coefficient (Wildman–Crippen LogP) is 5.42. The molecule has 0 aliphatic rings. The lowest BCUT2D eigenvalue weighted by atomic mass is 10.0. The molecule has 0 aliphatic carbocycles. The highest BCUT2D eigenvalue weighted by atomic mass is 15.4. The smallest absolute Gasteiger partial charge is 0.248 e. The third-order valence-corrected chi connectivity index (χ3v) is 5.58. The van der Waals surface area contributed by atoms with Gasteiger partial charge < -0.3 is 0 Å². The lowest BCUT2D eigenvalue weighted by Gasteiger charge is -2.10. The Labute approximate surface area is 191 Å². The van der Waals surface area contributed by atoms with E-state index in [2.05, 4.69) is 53.2 Å².